The molecule has 0 spiro atoms. The second-order valence-electron chi connectivity index (χ2n) is 2.44. The molecular weight excluding hydrogens is 190 g/mol. The van der Waals surface area contributed by atoms with Crippen LogP contribution in [0.3, 0.4) is 0 Å². The number of methoxy groups -OCH3 is 1. The van der Waals surface area contributed by atoms with Crippen LogP contribution in [0.5, 0.6) is 5.88 Å². The summed E-state index contributed by atoms with van der Waals surface area (Å²) in [6.45, 7) is 1.60. The molecule has 1 aromatic heterocycles. The molecule has 0 aliphatic carbocycles. The van der Waals surface area contributed by atoms with E-state index in [1.54, 1.807) is 6.92 Å². The van der Waals surface area contributed by atoms with E-state index >= 15 is 0 Å². The maximum Gasteiger partial charge on any atom is 0.212 e. The van der Waals surface area contributed by atoms with Crippen LogP contribution in [0.2, 0.25) is 0 Å². The van der Waals surface area contributed by atoms with E-state index in [1.807, 2.05) is 0 Å². The van der Waals surface area contributed by atoms with Gasteiger partial charge in [-0.2, -0.15) is 0 Å². The molecule has 0 unspecified atom stereocenters. The van der Waals surface area contributed by atoms with E-state index in [4.69, 9.17) is 4.74 Å². The molecule has 0 N–H and O–H groups in total. The number of nitrogens with zero attached hydrogens (tertiary/aromatic N) is 1. The summed E-state index contributed by atoms with van der Waals surface area (Å²) in [6, 6.07) is 3.02. The molecule has 4 nitrogen and oxygen atoms in total. The molecule has 0 atom stereocenters. The molecule has 0 aliphatic heterocycles. The van der Waals surface area contributed by atoms with Crippen LogP contribution in [0.1, 0.15) is 6.92 Å². The highest BCUT2D eigenvalue weighted by Crippen LogP contribution is 2.12. The Bertz CT molecular complexity index is 369. The normalized spacial score (nSPS) is 11.2. The fourth-order valence-electron chi connectivity index (χ4n) is 0.838. The van der Waals surface area contributed by atoms with Crippen LogP contribution in [0.15, 0.2) is 23.2 Å². The summed E-state index contributed by atoms with van der Waals surface area (Å²) in [5, 5.41) is 0. The lowest BCUT2D eigenvalue weighted by Gasteiger charge is -2.01. The number of sulfone groups is 1. The lowest BCUT2D eigenvalue weighted by Crippen LogP contribution is -2.04. The Labute approximate surface area is 77.5 Å². The van der Waals surface area contributed by atoms with Gasteiger partial charge in [0.25, 0.3) is 0 Å². The van der Waals surface area contributed by atoms with Crippen LogP contribution in [0.25, 0.3) is 0 Å². The minimum atomic E-state index is -3.14. The van der Waals surface area contributed by atoms with Crippen LogP contribution >= 0.6 is 0 Å². The van der Waals surface area contributed by atoms with Gasteiger partial charge in [-0.05, 0) is 6.07 Å². The van der Waals surface area contributed by atoms with Gasteiger partial charge in [0.15, 0.2) is 9.84 Å². The van der Waals surface area contributed by atoms with Crippen LogP contribution in [-0.4, -0.2) is 26.3 Å². The van der Waals surface area contributed by atoms with Crippen LogP contribution < -0.4 is 4.74 Å². The second kappa shape index (κ2) is 3.74. The van der Waals surface area contributed by atoms with Crippen molar-refractivity contribution in [2.45, 2.75) is 11.8 Å². The molecule has 0 aliphatic rings. The Hall–Kier alpha value is -1.10. The molecule has 0 bridgehead atoms. The highest BCUT2D eigenvalue weighted by atomic mass is 32.2. The van der Waals surface area contributed by atoms with E-state index in [2.05, 4.69) is 4.98 Å². The van der Waals surface area contributed by atoms with Crippen molar-refractivity contribution >= 4 is 9.84 Å². The Balaban J connectivity index is 3.06. The standard InChI is InChI=1S/C8H11NO3S/c1-3-13(10,11)7-4-5-8(12-2)9-6-7/h4-6H,3H2,1-2H3. The lowest BCUT2D eigenvalue weighted by atomic mass is 10.5. The molecule has 0 saturated heterocycles. The molecule has 13 heavy (non-hydrogen) atoms. The zero-order valence-corrected chi connectivity index (χ0v) is 8.34. The summed E-state index contributed by atoms with van der Waals surface area (Å²) in [4.78, 5) is 4.04. The summed E-state index contributed by atoms with van der Waals surface area (Å²) in [7, 11) is -1.66. The van der Waals surface area contributed by atoms with Crippen molar-refractivity contribution in [3.05, 3.63) is 18.3 Å². The zero-order valence-electron chi connectivity index (χ0n) is 7.52. The summed E-state index contributed by atoms with van der Waals surface area (Å²) >= 11 is 0. The second-order valence-corrected chi connectivity index (χ2v) is 4.72. The van der Waals surface area contributed by atoms with E-state index in [9.17, 15) is 8.42 Å². The topological polar surface area (TPSA) is 56.3 Å². The van der Waals surface area contributed by atoms with Gasteiger partial charge in [0, 0.05) is 12.3 Å². The number of pyridine rings is 1. The van der Waals surface area contributed by atoms with E-state index in [-0.39, 0.29) is 10.6 Å². The van der Waals surface area contributed by atoms with Crippen LogP contribution in [-0.2, 0) is 9.84 Å². The molecule has 1 rings (SSSR count). The number of rotatable bonds is 3. The average molecular weight is 201 g/mol. The first-order valence-corrected chi connectivity index (χ1v) is 5.48. The van der Waals surface area contributed by atoms with Gasteiger partial charge >= 0.3 is 0 Å². The maximum absolute atomic E-state index is 11.3. The smallest absolute Gasteiger partial charge is 0.212 e. The van der Waals surface area contributed by atoms with Crippen molar-refractivity contribution in [3.8, 4) is 5.88 Å². The molecule has 1 heterocycles. The zero-order chi connectivity index (χ0) is 9.90. The van der Waals surface area contributed by atoms with Crippen LogP contribution in [0.4, 0.5) is 0 Å². The third-order valence-corrected chi connectivity index (χ3v) is 3.38. The molecular formula is C8H11NO3S. The summed E-state index contributed by atoms with van der Waals surface area (Å²) < 4.78 is 27.4. The van der Waals surface area contributed by atoms with Crippen molar-refractivity contribution in [3.63, 3.8) is 0 Å². The third-order valence-electron chi connectivity index (χ3n) is 1.66. The Morgan fingerprint density at radius 1 is 1.46 bits per heavy atom. The Morgan fingerprint density at radius 3 is 2.54 bits per heavy atom. The molecule has 5 heteroatoms. The van der Waals surface area contributed by atoms with Gasteiger partial charge in [-0.3, -0.25) is 0 Å². The average Bonchev–Trinajstić information content (AvgIpc) is 2.18. The lowest BCUT2D eigenvalue weighted by molar-refractivity contribution is 0.397. The van der Waals surface area contributed by atoms with Gasteiger partial charge in [-0.1, -0.05) is 6.92 Å². The first-order valence-electron chi connectivity index (χ1n) is 3.83. The largest absolute Gasteiger partial charge is 0.481 e. The summed E-state index contributed by atoms with van der Waals surface area (Å²) in [6.07, 6.45) is 1.30. The number of hydrogen-bond donors (Lipinski definition) is 0. The molecule has 0 fully saturated rings. The quantitative estimate of drug-likeness (QED) is 0.728. The fourth-order valence-corrected chi connectivity index (χ4v) is 1.66. The fraction of sp³-hybridized carbons (Fsp3) is 0.375. The first-order chi connectivity index (χ1) is 6.10. The molecule has 0 aromatic carbocycles. The van der Waals surface area contributed by atoms with Crippen molar-refractivity contribution in [1.29, 1.82) is 0 Å². The van der Waals surface area contributed by atoms with Crippen molar-refractivity contribution < 1.29 is 13.2 Å². The van der Waals surface area contributed by atoms with Gasteiger partial charge in [-0.25, -0.2) is 13.4 Å². The predicted octanol–water partition coefficient (Wildman–Crippen LogP) is 0.884. The summed E-state index contributed by atoms with van der Waals surface area (Å²) in [5.74, 6) is 0.496. The SMILES string of the molecule is CCS(=O)(=O)c1ccc(OC)nc1. The molecule has 0 saturated carbocycles. The summed E-state index contributed by atoms with van der Waals surface area (Å²) in [5.41, 5.74) is 0. The minimum absolute atomic E-state index is 0.0843. The molecule has 1 aromatic rings. The highest BCUT2D eigenvalue weighted by Gasteiger charge is 2.11. The van der Waals surface area contributed by atoms with Gasteiger partial charge in [0.1, 0.15) is 0 Å². The van der Waals surface area contributed by atoms with Crippen LogP contribution in [0, 0.1) is 0 Å². The number of aromatic nitrogens is 1. The molecule has 0 amide bonds. The van der Waals surface area contributed by atoms with E-state index in [0.717, 1.165) is 0 Å². The Morgan fingerprint density at radius 2 is 2.15 bits per heavy atom. The Kier molecular flexibility index (Phi) is 2.87. The van der Waals surface area contributed by atoms with Gasteiger partial charge in [0.05, 0.1) is 17.8 Å². The monoisotopic (exact) mass is 201 g/mol. The molecule has 72 valence electrons. The predicted molar refractivity (Wildman–Crippen MR) is 48.5 cm³/mol. The molecule has 0 radical (unpaired) electrons. The highest BCUT2D eigenvalue weighted by molar-refractivity contribution is 7.91. The van der Waals surface area contributed by atoms with Crippen molar-refractivity contribution in [2.24, 2.45) is 0 Å². The van der Waals surface area contributed by atoms with E-state index < -0.39 is 9.84 Å². The van der Waals surface area contributed by atoms with E-state index in [0.29, 0.717) is 5.88 Å². The number of hydrogen-bond acceptors (Lipinski definition) is 4. The maximum atomic E-state index is 11.3. The number of ether oxygens (including phenoxy) is 1. The van der Waals surface area contributed by atoms with Gasteiger partial charge in [-0.15, -0.1) is 0 Å². The third kappa shape index (κ3) is 2.18. The van der Waals surface area contributed by atoms with Gasteiger partial charge in [0.2, 0.25) is 5.88 Å². The van der Waals surface area contributed by atoms with Crippen molar-refractivity contribution in [1.82, 2.24) is 4.98 Å². The van der Waals surface area contributed by atoms with Crippen molar-refractivity contribution in [2.75, 3.05) is 12.9 Å². The first kappa shape index (κ1) is 9.98. The minimum Gasteiger partial charge on any atom is -0.481 e. The van der Waals surface area contributed by atoms with Gasteiger partial charge < -0.3 is 4.74 Å². The van der Waals surface area contributed by atoms with E-state index in [1.165, 1.54) is 25.4 Å².